The minimum absolute atomic E-state index is 0.291. The van der Waals surface area contributed by atoms with Gasteiger partial charge in [-0.2, -0.15) is 9.47 Å². The molecule has 0 amide bonds. The Balaban J connectivity index is 2.51. The zero-order valence-electron chi connectivity index (χ0n) is 7.15. The van der Waals surface area contributed by atoms with E-state index in [1.165, 1.54) is 11.5 Å². The van der Waals surface area contributed by atoms with Gasteiger partial charge in [0.1, 0.15) is 0 Å². The fraction of sp³-hybridized carbons (Fsp3) is 0.286. The van der Waals surface area contributed by atoms with Crippen molar-refractivity contribution in [3.63, 3.8) is 0 Å². The number of halogens is 1. The van der Waals surface area contributed by atoms with Crippen molar-refractivity contribution >= 4 is 23.1 Å². The van der Waals surface area contributed by atoms with Crippen LogP contribution in [0.1, 0.15) is 5.69 Å². The molecule has 0 aliphatic heterocycles. The third-order valence-corrected chi connectivity index (χ3v) is 2.63. The van der Waals surface area contributed by atoms with Crippen molar-refractivity contribution in [1.29, 1.82) is 0 Å². The summed E-state index contributed by atoms with van der Waals surface area (Å²) in [5.74, 6) is 0. The molecule has 0 fully saturated rings. The molecule has 2 aromatic heterocycles. The number of aromatic nitrogens is 4. The number of hydrogen-bond donors (Lipinski definition) is 0. The van der Waals surface area contributed by atoms with E-state index >= 15 is 0 Å². The highest BCUT2D eigenvalue weighted by molar-refractivity contribution is 7.09. The Morgan fingerprint density at radius 2 is 2.31 bits per heavy atom. The zero-order valence-corrected chi connectivity index (χ0v) is 8.72. The molecule has 2 heterocycles. The van der Waals surface area contributed by atoms with Crippen LogP contribution < -0.4 is 0 Å². The van der Waals surface area contributed by atoms with Gasteiger partial charge in [-0.15, -0.1) is 0 Å². The minimum atomic E-state index is 0.291. The fourth-order valence-corrected chi connectivity index (χ4v) is 1.97. The Morgan fingerprint density at radius 1 is 1.54 bits per heavy atom. The van der Waals surface area contributed by atoms with Crippen molar-refractivity contribution in [1.82, 2.24) is 19.1 Å². The first kappa shape index (κ1) is 8.65. The molecular weight excluding hydrogens is 208 g/mol. The third kappa shape index (κ3) is 1.57. The van der Waals surface area contributed by atoms with Gasteiger partial charge < -0.3 is 0 Å². The quantitative estimate of drug-likeness (QED) is 0.728. The van der Waals surface area contributed by atoms with Gasteiger partial charge in [-0.25, -0.2) is 4.98 Å². The number of hydrogen-bond acceptors (Lipinski definition) is 4. The summed E-state index contributed by atoms with van der Waals surface area (Å²) in [6.45, 7) is 1.94. The summed E-state index contributed by atoms with van der Waals surface area (Å²) >= 11 is 6.90. The Labute approximate surface area is 84.3 Å². The molecule has 68 valence electrons. The molecule has 4 nitrogen and oxygen atoms in total. The van der Waals surface area contributed by atoms with Crippen molar-refractivity contribution in [3.05, 3.63) is 17.0 Å². The molecule has 0 aliphatic carbocycles. The second-order valence-electron chi connectivity index (χ2n) is 2.66. The van der Waals surface area contributed by atoms with Crippen LogP contribution in [0.2, 0.25) is 5.28 Å². The second kappa shape index (κ2) is 3.08. The molecule has 0 unspecified atom stereocenters. The molecule has 0 saturated heterocycles. The summed E-state index contributed by atoms with van der Waals surface area (Å²) in [6.07, 6.45) is 0. The topological polar surface area (TPSA) is 43.6 Å². The molecule has 13 heavy (non-hydrogen) atoms. The summed E-state index contributed by atoms with van der Waals surface area (Å²) in [4.78, 5) is 4.07. The first-order valence-corrected chi connectivity index (χ1v) is 4.82. The molecule has 0 aliphatic rings. The van der Waals surface area contributed by atoms with Crippen LogP contribution in [0.4, 0.5) is 0 Å². The molecule has 0 radical (unpaired) electrons. The van der Waals surface area contributed by atoms with Crippen LogP contribution in [-0.2, 0) is 7.05 Å². The van der Waals surface area contributed by atoms with Gasteiger partial charge in [-0.05, 0) is 36.1 Å². The second-order valence-corrected chi connectivity index (χ2v) is 3.75. The lowest BCUT2D eigenvalue weighted by Crippen LogP contribution is -1.92. The highest BCUT2D eigenvalue weighted by Gasteiger charge is 2.09. The van der Waals surface area contributed by atoms with Crippen LogP contribution in [0.25, 0.3) is 10.7 Å². The van der Waals surface area contributed by atoms with Gasteiger partial charge >= 0.3 is 0 Å². The summed E-state index contributed by atoms with van der Waals surface area (Å²) in [7, 11) is 1.87. The Morgan fingerprint density at radius 3 is 2.77 bits per heavy atom. The summed E-state index contributed by atoms with van der Waals surface area (Å²) in [5.41, 5.74) is 1.91. The number of rotatable bonds is 1. The Hall–Kier alpha value is -0.940. The Kier molecular flexibility index (Phi) is 2.05. The normalized spacial score (nSPS) is 10.7. The molecule has 0 bridgehead atoms. The molecule has 0 spiro atoms. The van der Waals surface area contributed by atoms with E-state index in [9.17, 15) is 0 Å². The zero-order chi connectivity index (χ0) is 9.42. The van der Waals surface area contributed by atoms with Gasteiger partial charge in [-0.1, -0.05) is 0 Å². The standard InChI is InChI=1S/C7H7ClN4S/c1-4-3-5(12(2)10-4)6-9-7(8)11-13-6/h3H,1-2H3. The van der Waals surface area contributed by atoms with Crippen LogP contribution in [0.5, 0.6) is 0 Å². The van der Waals surface area contributed by atoms with Crippen molar-refractivity contribution < 1.29 is 0 Å². The van der Waals surface area contributed by atoms with E-state index in [0.29, 0.717) is 5.28 Å². The molecule has 6 heteroatoms. The summed E-state index contributed by atoms with van der Waals surface area (Å²) < 4.78 is 5.67. The maximum absolute atomic E-state index is 5.63. The molecule has 2 rings (SSSR count). The largest absolute Gasteiger partial charge is 0.265 e. The van der Waals surface area contributed by atoms with Crippen LogP contribution >= 0.6 is 23.1 Å². The molecule has 0 aromatic carbocycles. The lowest BCUT2D eigenvalue weighted by molar-refractivity contribution is 0.763. The number of nitrogens with zero attached hydrogens (tertiary/aromatic N) is 4. The molecule has 0 N–H and O–H groups in total. The molecule has 0 atom stereocenters. The molecular formula is C7H7ClN4S. The summed E-state index contributed by atoms with van der Waals surface area (Å²) in [6, 6.07) is 1.96. The van der Waals surface area contributed by atoms with E-state index in [-0.39, 0.29) is 0 Å². The van der Waals surface area contributed by atoms with Gasteiger partial charge in [0.15, 0.2) is 5.01 Å². The minimum Gasteiger partial charge on any atom is -0.265 e. The van der Waals surface area contributed by atoms with Gasteiger partial charge in [0.2, 0.25) is 5.28 Å². The highest BCUT2D eigenvalue weighted by atomic mass is 35.5. The average Bonchev–Trinajstić information content (AvgIpc) is 2.58. The fourth-order valence-electron chi connectivity index (χ4n) is 1.12. The monoisotopic (exact) mass is 214 g/mol. The van der Waals surface area contributed by atoms with Crippen molar-refractivity contribution in [2.75, 3.05) is 0 Å². The van der Waals surface area contributed by atoms with E-state index in [1.54, 1.807) is 4.68 Å². The van der Waals surface area contributed by atoms with E-state index in [2.05, 4.69) is 14.5 Å². The Bertz CT molecular complexity index is 433. The maximum atomic E-state index is 5.63. The first-order valence-electron chi connectivity index (χ1n) is 3.67. The van der Waals surface area contributed by atoms with Crippen LogP contribution in [0.15, 0.2) is 6.07 Å². The maximum Gasteiger partial charge on any atom is 0.234 e. The average molecular weight is 215 g/mol. The number of aryl methyl sites for hydroxylation is 2. The van der Waals surface area contributed by atoms with E-state index in [1.807, 2.05) is 20.0 Å². The highest BCUT2D eigenvalue weighted by Crippen LogP contribution is 2.22. The molecule has 2 aromatic rings. The van der Waals surface area contributed by atoms with E-state index < -0.39 is 0 Å². The first-order chi connectivity index (χ1) is 6.16. The lowest BCUT2D eigenvalue weighted by atomic mass is 10.4. The van der Waals surface area contributed by atoms with Crippen molar-refractivity contribution in [2.24, 2.45) is 7.05 Å². The van der Waals surface area contributed by atoms with Crippen LogP contribution in [0, 0.1) is 6.92 Å². The van der Waals surface area contributed by atoms with Crippen molar-refractivity contribution in [2.45, 2.75) is 6.92 Å². The van der Waals surface area contributed by atoms with Gasteiger partial charge in [-0.3, -0.25) is 4.68 Å². The van der Waals surface area contributed by atoms with Gasteiger partial charge in [0.05, 0.1) is 11.4 Å². The van der Waals surface area contributed by atoms with E-state index in [0.717, 1.165) is 16.4 Å². The summed E-state index contributed by atoms with van der Waals surface area (Å²) in [5, 5.41) is 5.30. The smallest absolute Gasteiger partial charge is 0.234 e. The molecule has 0 saturated carbocycles. The van der Waals surface area contributed by atoms with Gasteiger partial charge in [0.25, 0.3) is 0 Å². The van der Waals surface area contributed by atoms with E-state index in [4.69, 9.17) is 11.6 Å². The van der Waals surface area contributed by atoms with Crippen molar-refractivity contribution in [3.8, 4) is 10.7 Å². The third-order valence-electron chi connectivity index (χ3n) is 1.62. The van der Waals surface area contributed by atoms with Crippen LogP contribution in [-0.4, -0.2) is 19.1 Å². The predicted octanol–water partition coefficient (Wildman–Crippen LogP) is 1.90. The SMILES string of the molecule is Cc1cc(-c2nc(Cl)ns2)n(C)n1. The van der Waals surface area contributed by atoms with Crippen LogP contribution in [0.3, 0.4) is 0 Å². The predicted molar refractivity (Wildman–Crippen MR) is 51.9 cm³/mol. The lowest BCUT2D eigenvalue weighted by Gasteiger charge is -1.93. The van der Waals surface area contributed by atoms with Gasteiger partial charge in [0, 0.05) is 7.05 Å².